The average molecular weight is 251 g/mol. The second-order valence-corrected chi connectivity index (χ2v) is 6.36. The second kappa shape index (κ2) is 5.87. The highest BCUT2D eigenvalue weighted by molar-refractivity contribution is 5.24. The Bertz CT molecular complexity index is 389. The van der Waals surface area contributed by atoms with Crippen LogP contribution in [0, 0.1) is 19.3 Å². The van der Waals surface area contributed by atoms with Gasteiger partial charge in [-0.2, -0.15) is 5.10 Å². The van der Waals surface area contributed by atoms with Gasteiger partial charge in [0.25, 0.3) is 0 Å². The Balaban J connectivity index is 2.77. The van der Waals surface area contributed by atoms with E-state index in [9.17, 15) is 0 Å². The first-order valence-corrected chi connectivity index (χ1v) is 7.03. The molecule has 1 heterocycles. The smallest absolute Gasteiger partial charge is 0.0628 e. The molecule has 18 heavy (non-hydrogen) atoms. The van der Waals surface area contributed by atoms with Gasteiger partial charge in [-0.3, -0.25) is 4.68 Å². The normalized spacial score (nSPS) is 12.4. The summed E-state index contributed by atoms with van der Waals surface area (Å²) in [5, 5.41) is 8.20. The van der Waals surface area contributed by atoms with Gasteiger partial charge in [0.05, 0.1) is 5.69 Å². The molecule has 0 unspecified atom stereocenters. The summed E-state index contributed by atoms with van der Waals surface area (Å²) < 4.78 is 2.18. The Morgan fingerprint density at radius 2 is 1.89 bits per heavy atom. The van der Waals surface area contributed by atoms with Gasteiger partial charge in [0, 0.05) is 24.8 Å². The van der Waals surface area contributed by atoms with Crippen LogP contribution in [0.25, 0.3) is 0 Å². The fourth-order valence-electron chi connectivity index (χ4n) is 2.34. The number of aryl methyl sites for hydroxylation is 1. The summed E-state index contributed by atoms with van der Waals surface area (Å²) in [6, 6.07) is 0.538. The molecule has 3 nitrogen and oxygen atoms in total. The summed E-state index contributed by atoms with van der Waals surface area (Å²) in [4.78, 5) is 0. The predicted molar refractivity (Wildman–Crippen MR) is 78.0 cm³/mol. The molecule has 1 aromatic rings. The Kier molecular flexibility index (Phi) is 4.97. The minimum atomic E-state index is 0.221. The molecule has 0 bridgehead atoms. The fourth-order valence-corrected chi connectivity index (χ4v) is 2.34. The second-order valence-electron chi connectivity index (χ2n) is 6.36. The van der Waals surface area contributed by atoms with Gasteiger partial charge in [0.15, 0.2) is 0 Å². The number of aromatic nitrogens is 2. The van der Waals surface area contributed by atoms with E-state index in [4.69, 9.17) is 0 Å². The van der Waals surface area contributed by atoms with E-state index in [1.165, 1.54) is 17.0 Å². The minimum Gasteiger partial charge on any atom is -0.314 e. The van der Waals surface area contributed by atoms with E-state index in [1.807, 2.05) is 0 Å². The number of nitrogens with one attached hydrogen (secondary N) is 1. The highest BCUT2D eigenvalue weighted by Gasteiger charge is 2.21. The zero-order chi connectivity index (χ0) is 13.9. The highest BCUT2D eigenvalue weighted by atomic mass is 15.3. The first-order valence-electron chi connectivity index (χ1n) is 7.03. The molecule has 0 spiro atoms. The lowest BCUT2D eigenvalue weighted by Gasteiger charge is -2.27. The van der Waals surface area contributed by atoms with E-state index in [0.29, 0.717) is 6.04 Å². The number of hydrogen-bond donors (Lipinski definition) is 1. The molecule has 104 valence electrons. The third-order valence-corrected chi connectivity index (χ3v) is 3.45. The summed E-state index contributed by atoms with van der Waals surface area (Å²) in [6.45, 7) is 17.5. The van der Waals surface area contributed by atoms with Crippen LogP contribution in [0.15, 0.2) is 0 Å². The van der Waals surface area contributed by atoms with Crippen LogP contribution in [0.3, 0.4) is 0 Å². The third kappa shape index (κ3) is 3.84. The van der Waals surface area contributed by atoms with E-state index in [1.54, 1.807) is 0 Å². The molecule has 0 saturated heterocycles. The summed E-state index contributed by atoms with van der Waals surface area (Å²) >= 11 is 0. The Morgan fingerprint density at radius 1 is 1.28 bits per heavy atom. The van der Waals surface area contributed by atoms with Crippen molar-refractivity contribution in [2.45, 2.75) is 67.5 Å². The number of rotatable bonds is 6. The van der Waals surface area contributed by atoms with Crippen LogP contribution in [0.2, 0.25) is 0 Å². The number of hydrogen-bond acceptors (Lipinski definition) is 2. The van der Waals surface area contributed by atoms with Crippen LogP contribution in [0.5, 0.6) is 0 Å². The topological polar surface area (TPSA) is 29.9 Å². The van der Waals surface area contributed by atoms with E-state index in [-0.39, 0.29) is 5.41 Å². The molecule has 0 fully saturated rings. The molecule has 0 aliphatic carbocycles. The van der Waals surface area contributed by atoms with Gasteiger partial charge < -0.3 is 5.32 Å². The molecular weight excluding hydrogens is 222 g/mol. The molecule has 3 heteroatoms. The van der Waals surface area contributed by atoms with E-state index < -0.39 is 0 Å². The van der Waals surface area contributed by atoms with Gasteiger partial charge in [0.2, 0.25) is 0 Å². The zero-order valence-corrected chi connectivity index (χ0v) is 13.1. The van der Waals surface area contributed by atoms with Crippen molar-refractivity contribution < 1.29 is 0 Å². The third-order valence-electron chi connectivity index (χ3n) is 3.45. The first kappa shape index (κ1) is 15.2. The van der Waals surface area contributed by atoms with Crippen LogP contribution in [-0.4, -0.2) is 22.4 Å². The summed E-state index contributed by atoms with van der Waals surface area (Å²) in [6.07, 6.45) is 1.07. The Morgan fingerprint density at radius 3 is 2.33 bits per heavy atom. The fraction of sp³-hybridized carbons (Fsp3) is 0.800. The van der Waals surface area contributed by atoms with Crippen molar-refractivity contribution in [1.82, 2.24) is 15.1 Å². The number of nitrogens with zero attached hydrogens (tertiary/aromatic N) is 2. The van der Waals surface area contributed by atoms with Crippen molar-refractivity contribution in [2.24, 2.45) is 5.41 Å². The van der Waals surface area contributed by atoms with Crippen molar-refractivity contribution in [1.29, 1.82) is 0 Å². The Hall–Kier alpha value is -0.830. The molecule has 0 aromatic carbocycles. The zero-order valence-electron chi connectivity index (χ0n) is 13.1. The monoisotopic (exact) mass is 251 g/mol. The van der Waals surface area contributed by atoms with Crippen LogP contribution in [-0.2, 0) is 13.0 Å². The van der Waals surface area contributed by atoms with Crippen molar-refractivity contribution in [3.63, 3.8) is 0 Å². The van der Waals surface area contributed by atoms with Gasteiger partial charge >= 0.3 is 0 Å². The van der Waals surface area contributed by atoms with Gasteiger partial charge in [0.1, 0.15) is 0 Å². The van der Waals surface area contributed by atoms with Crippen LogP contribution >= 0.6 is 0 Å². The van der Waals surface area contributed by atoms with E-state index in [2.05, 4.69) is 63.6 Å². The van der Waals surface area contributed by atoms with Crippen molar-refractivity contribution in [3.8, 4) is 0 Å². The SMILES string of the molecule is CCc1c(C)nn(CC(C)(C)CNC(C)C)c1C. The highest BCUT2D eigenvalue weighted by Crippen LogP contribution is 2.21. The molecule has 0 radical (unpaired) electrons. The predicted octanol–water partition coefficient (Wildman–Crippen LogP) is 3.09. The average Bonchev–Trinajstić information content (AvgIpc) is 2.51. The molecule has 1 aromatic heterocycles. The Labute approximate surface area is 112 Å². The first-order chi connectivity index (χ1) is 8.26. The standard InChI is InChI=1S/C15H29N3/c1-8-14-12(4)17-18(13(14)5)10-15(6,7)9-16-11(2)3/h11,16H,8-10H2,1-7H3. The maximum atomic E-state index is 4.68. The minimum absolute atomic E-state index is 0.221. The molecule has 0 aliphatic rings. The van der Waals surface area contributed by atoms with Crippen molar-refractivity contribution >= 4 is 0 Å². The molecule has 1 N–H and O–H groups in total. The van der Waals surface area contributed by atoms with Gasteiger partial charge in [-0.05, 0) is 31.2 Å². The summed E-state index contributed by atoms with van der Waals surface area (Å²) in [7, 11) is 0. The van der Waals surface area contributed by atoms with Crippen LogP contribution in [0.1, 0.15) is 51.6 Å². The van der Waals surface area contributed by atoms with E-state index in [0.717, 1.165) is 19.5 Å². The van der Waals surface area contributed by atoms with Crippen molar-refractivity contribution in [3.05, 3.63) is 17.0 Å². The van der Waals surface area contributed by atoms with Gasteiger partial charge in [-0.15, -0.1) is 0 Å². The van der Waals surface area contributed by atoms with Gasteiger partial charge in [-0.1, -0.05) is 34.6 Å². The maximum absolute atomic E-state index is 4.68. The summed E-state index contributed by atoms with van der Waals surface area (Å²) in [5.74, 6) is 0. The quantitative estimate of drug-likeness (QED) is 0.842. The molecule has 1 rings (SSSR count). The summed E-state index contributed by atoms with van der Waals surface area (Å²) in [5.41, 5.74) is 4.14. The molecule has 0 amide bonds. The molecular formula is C15H29N3. The van der Waals surface area contributed by atoms with Crippen LogP contribution in [0.4, 0.5) is 0 Å². The lowest BCUT2D eigenvalue weighted by molar-refractivity contribution is 0.266. The van der Waals surface area contributed by atoms with Gasteiger partial charge in [-0.25, -0.2) is 0 Å². The molecule has 0 aliphatic heterocycles. The molecule has 0 atom stereocenters. The van der Waals surface area contributed by atoms with E-state index >= 15 is 0 Å². The molecule has 0 saturated carbocycles. The van der Waals surface area contributed by atoms with Crippen molar-refractivity contribution in [2.75, 3.05) is 6.54 Å². The maximum Gasteiger partial charge on any atom is 0.0628 e. The largest absolute Gasteiger partial charge is 0.314 e. The lowest BCUT2D eigenvalue weighted by Crippen LogP contribution is -2.36. The lowest BCUT2D eigenvalue weighted by atomic mass is 9.93. The van der Waals surface area contributed by atoms with Crippen LogP contribution < -0.4 is 5.32 Å².